The zero-order chi connectivity index (χ0) is 24.4. The Hall–Kier alpha value is -0.860. The lowest BCUT2D eigenvalue weighted by atomic mass is 9.97. The van der Waals surface area contributed by atoms with Gasteiger partial charge in [-0.15, -0.1) is 0 Å². The molecule has 0 unspecified atom stereocenters. The van der Waals surface area contributed by atoms with Gasteiger partial charge in [0.25, 0.3) is 0 Å². The van der Waals surface area contributed by atoms with Crippen molar-refractivity contribution in [3.63, 3.8) is 0 Å². The van der Waals surface area contributed by atoms with E-state index in [0.29, 0.717) is 0 Å². The van der Waals surface area contributed by atoms with Gasteiger partial charge in [-0.3, -0.25) is 0 Å². The number of benzene rings is 2. The topological polar surface area (TPSA) is 0 Å². The lowest BCUT2D eigenvalue weighted by Crippen LogP contribution is -1.99. The number of aryl methyl sites for hydroxylation is 2. The zero-order valence-electron chi connectivity index (χ0n) is 22.6. The number of unbranched alkanes of at least 4 members (excludes halogenated alkanes) is 8. The summed E-state index contributed by atoms with van der Waals surface area (Å²) in [5.41, 5.74) is 6.48. The van der Waals surface area contributed by atoms with Crippen LogP contribution >= 0.6 is 21.6 Å². The molecule has 0 fully saturated rings. The van der Waals surface area contributed by atoms with E-state index in [1.807, 2.05) is 21.6 Å². The molecule has 0 N–H and O–H groups in total. The minimum atomic E-state index is 1.24. The van der Waals surface area contributed by atoms with Crippen molar-refractivity contribution in [3.05, 3.63) is 58.7 Å². The molecule has 0 aliphatic rings. The van der Waals surface area contributed by atoms with E-state index in [9.17, 15) is 0 Å². The van der Waals surface area contributed by atoms with Gasteiger partial charge in [0, 0.05) is 9.79 Å². The van der Waals surface area contributed by atoms with Crippen LogP contribution in [0.4, 0.5) is 0 Å². The Bertz CT molecular complexity index is 728. The quantitative estimate of drug-likeness (QED) is 0.139. The Morgan fingerprint density at radius 2 is 0.794 bits per heavy atom. The van der Waals surface area contributed by atoms with Gasteiger partial charge < -0.3 is 0 Å². The van der Waals surface area contributed by atoms with E-state index in [2.05, 4.69) is 64.1 Å². The van der Waals surface area contributed by atoms with Gasteiger partial charge in [-0.05, 0) is 85.8 Å². The molecule has 0 aliphatic carbocycles. The second kappa shape index (κ2) is 18.4. The maximum atomic E-state index is 2.40. The predicted octanol–water partition coefficient (Wildman–Crippen LogP) is 11.4. The monoisotopic (exact) mass is 498 g/mol. The Kier molecular flexibility index (Phi) is 15.9. The first-order valence-corrected chi connectivity index (χ1v) is 16.5. The van der Waals surface area contributed by atoms with Gasteiger partial charge in [-0.1, -0.05) is 125 Å². The largest absolute Gasteiger partial charge is 0.0654 e. The van der Waals surface area contributed by atoms with Crippen LogP contribution < -0.4 is 0 Å². The van der Waals surface area contributed by atoms with Crippen LogP contribution in [-0.4, -0.2) is 0 Å². The molecule has 0 atom stereocenters. The van der Waals surface area contributed by atoms with E-state index in [0.717, 1.165) is 0 Å². The van der Waals surface area contributed by atoms with Crippen LogP contribution in [0.15, 0.2) is 46.2 Å². The average molecular weight is 499 g/mol. The molecule has 0 spiro atoms. The van der Waals surface area contributed by atoms with E-state index in [-0.39, 0.29) is 0 Å². The zero-order valence-corrected chi connectivity index (χ0v) is 24.2. The lowest BCUT2D eigenvalue weighted by molar-refractivity contribution is 0.688. The molecule has 2 heteroatoms. The summed E-state index contributed by atoms with van der Waals surface area (Å²) in [6, 6.07) is 14.2. The highest BCUT2D eigenvalue weighted by Crippen LogP contribution is 2.43. The summed E-state index contributed by atoms with van der Waals surface area (Å²) < 4.78 is 0. The highest BCUT2D eigenvalue weighted by Gasteiger charge is 2.13. The molecular formula is C32H50S2. The molecule has 0 heterocycles. The van der Waals surface area contributed by atoms with Crippen molar-refractivity contribution in [2.24, 2.45) is 0 Å². The number of hydrogen-bond acceptors (Lipinski definition) is 2. The van der Waals surface area contributed by atoms with Crippen molar-refractivity contribution >= 4 is 21.6 Å². The van der Waals surface area contributed by atoms with Crippen LogP contribution in [0.1, 0.15) is 127 Å². The summed E-state index contributed by atoms with van der Waals surface area (Å²) in [5.74, 6) is 0. The molecule has 2 aromatic rings. The molecular weight excluding hydrogens is 448 g/mol. The third-order valence-corrected chi connectivity index (χ3v) is 9.38. The van der Waals surface area contributed by atoms with Gasteiger partial charge in [0.15, 0.2) is 0 Å². The fraction of sp³-hybridized carbons (Fsp3) is 0.625. The summed E-state index contributed by atoms with van der Waals surface area (Å²) in [7, 11) is 4.04. The summed E-state index contributed by atoms with van der Waals surface area (Å²) in [6.07, 6.45) is 20.7. The minimum Gasteiger partial charge on any atom is -0.0654 e. The SMILES string of the molecule is CCCCCc1cccc(SSc2cccc(CCCCC)c2CCCCC)c1CCCCC. The van der Waals surface area contributed by atoms with Gasteiger partial charge in [0.2, 0.25) is 0 Å². The lowest BCUT2D eigenvalue weighted by Gasteiger charge is -2.17. The normalized spacial score (nSPS) is 11.3. The molecule has 34 heavy (non-hydrogen) atoms. The van der Waals surface area contributed by atoms with Crippen LogP contribution in [0.3, 0.4) is 0 Å². The number of hydrogen-bond donors (Lipinski definition) is 0. The van der Waals surface area contributed by atoms with Crippen molar-refractivity contribution in [3.8, 4) is 0 Å². The molecule has 0 aromatic heterocycles. The first-order chi connectivity index (χ1) is 16.7. The summed E-state index contributed by atoms with van der Waals surface area (Å²) >= 11 is 0. The molecule has 2 aromatic carbocycles. The Morgan fingerprint density at radius 3 is 1.15 bits per heavy atom. The molecule has 0 nitrogen and oxygen atoms in total. The highest BCUT2D eigenvalue weighted by atomic mass is 33.1. The third-order valence-electron chi connectivity index (χ3n) is 6.84. The van der Waals surface area contributed by atoms with Crippen molar-refractivity contribution in [2.45, 2.75) is 140 Å². The van der Waals surface area contributed by atoms with Gasteiger partial charge >= 0.3 is 0 Å². The van der Waals surface area contributed by atoms with Gasteiger partial charge in [-0.25, -0.2) is 0 Å². The second-order valence-electron chi connectivity index (χ2n) is 9.78. The van der Waals surface area contributed by atoms with Crippen LogP contribution in [-0.2, 0) is 25.7 Å². The van der Waals surface area contributed by atoms with Gasteiger partial charge in [0.05, 0.1) is 0 Å². The fourth-order valence-corrected chi connectivity index (χ4v) is 7.33. The molecule has 0 saturated heterocycles. The first-order valence-electron chi connectivity index (χ1n) is 14.3. The molecule has 2 rings (SSSR count). The average Bonchev–Trinajstić information content (AvgIpc) is 2.85. The van der Waals surface area contributed by atoms with Crippen molar-refractivity contribution < 1.29 is 0 Å². The Balaban J connectivity index is 2.22. The first kappa shape index (κ1) is 29.4. The maximum Gasteiger partial charge on any atom is 0.0221 e. The molecule has 190 valence electrons. The van der Waals surface area contributed by atoms with E-state index >= 15 is 0 Å². The van der Waals surface area contributed by atoms with Crippen molar-refractivity contribution in [2.75, 3.05) is 0 Å². The highest BCUT2D eigenvalue weighted by molar-refractivity contribution is 8.76. The Labute approximate surface area is 219 Å². The smallest absolute Gasteiger partial charge is 0.0221 e. The van der Waals surface area contributed by atoms with Gasteiger partial charge in [-0.2, -0.15) is 0 Å². The molecule has 0 aliphatic heterocycles. The minimum absolute atomic E-state index is 1.24. The summed E-state index contributed by atoms with van der Waals surface area (Å²) in [5, 5.41) is 0. The summed E-state index contributed by atoms with van der Waals surface area (Å²) in [6.45, 7) is 9.23. The van der Waals surface area contributed by atoms with E-state index in [1.165, 1.54) is 113 Å². The van der Waals surface area contributed by atoms with E-state index < -0.39 is 0 Å². The Morgan fingerprint density at radius 1 is 0.441 bits per heavy atom. The van der Waals surface area contributed by atoms with Crippen LogP contribution in [0.25, 0.3) is 0 Å². The molecule has 0 saturated carbocycles. The fourth-order valence-electron chi connectivity index (χ4n) is 4.74. The standard InChI is InChI=1S/C32H50S2/c1-5-9-13-19-27-21-17-25-31(29(27)23-15-11-7-3)33-34-32-26-18-22-28(20-14-10-6-2)30(32)24-16-12-8-4/h17-18,21-22,25-26H,5-16,19-20,23-24H2,1-4H3. The van der Waals surface area contributed by atoms with Crippen molar-refractivity contribution in [1.29, 1.82) is 0 Å². The number of rotatable bonds is 19. The maximum absolute atomic E-state index is 2.40. The predicted molar refractivity (Wildman–Crippen MR) is 158 cm³/mol. The van der Waals surface area contributed by atoms with E-state index in [1.54, 1.807) is 22.3 Å². The van der Waals surface area contributed by atoms with Crippen LogP contribution in [0.2, 0.25) is 0 Å². The third kappa shape index (κ3) is 10.4. The molecule has 0 bridgehead atoms. The van der Waals surface area contributed by atoms with Crippen LogP contribution in [0, 0.1) is 0 Å². The summed E-state index contributed by atoms with van der Waals surface area (Å²) in [4.78, 5) is 3.01. The van der Waals surface area contributed by atoms with E-state index in [4.69, 9.17) is 0 Å². The molecule has 0 amide bonds. The van der Waals surface area contributed by atoms with Crippen molar-refractivity contribution in [1.82, 2.24) is 0 Å². The van der Waals surface area contributed by atoms with Crippen LogP contribution in [0.5, 0.6) is 0 Å². The van der Waals surface area contributed by atoms with Gasteiger partial charge in [0.1, 0.15) is 0 Å². The second-order valence-corrected chi connectivity index (χ2v) is 12.0. The molecule has 0 radical (unpaired) electrons.